The van der Waals surface area contributed by atoms with Gasteiger partial charge in [0.05, 0.1) is 11.5 Å². The van der Waals surface area contributed by atoms with E-state index in [4.69, 9.17) is 0 Å². The minimum absolute atomic E-state index is 0.152. The molecule has 1 aliphatic rings. The van der Waals surface area contributed by atoms with Gasteiger partial charge >= 0.3 is 0 Å². The van der Waals surface area contributed by atoms with Crippen molar-refractivity contribution >= 4 is 17.2 Å². The second-order valence-electron chi connectivity index (χ2n) is 3.68. The molecule has 0 aromatic carbocycles. The van der Waals surface area contributed by atoms with E-state index in [1.807, 2.05) is 19.2 Å². The van der Waals surface area contributed by atoms with Crippen molar-refractivity contribution < 1.29 is 4.79 Å². The van der Waals surface area contributed by atoms with Crippen LogP contribution in [-0.4, -0.2) is 5.91 Å². The number of nitrogens with one attached hydrogen (secondary N) is 1. The van der Waals surface area contributed by atoms with Crippen LogP contribution in [0, 0.1) is 5.41 Å². The first-order valence-electron chi connectivity index (χ1n) is 3.95. The van der Waals surface area contributed by atoms with Gasteiger partial charge in [-0.15, -0.1) is 0 Å². The van der Waals surface area contributed by atoms with Crippen LogP contribution in [0.1, 0.15) is 25.5 Å². The lowest BCUT2D eigenvalue weighted by molar-refractivity contribution is -0.143. The molecule has 1 saturated heterocycles. The SMILES string of the molecule is CC1(C)C(=O)NC1c1ccsc1. The van der Waals surface area contributed by atoms with Crippen LogP contribution in [0.4, 0.5) is 0 Å². The van der Waals surface area contributed by atoms with Gasteiger partial charge in [0.1, 0.15) is 0 Å². The van der Waals surface area contributed by atoms with Gasteiger partial charge in [0.25, 0.3) is 0 Å². The van der Waals surface area contributed by atoms with Crippen LogP contribution in [0.15, 0.2) is 16.8 Å². The lowest BCUT2D eigenvalue weighted by Gasteiger charge is -2.43. The molecule has 0 saturated carbocycles. The summed E-state index contributed by atoms with van der Waals surface area (Å²) in [6, 6.07) is 2.28. The lowest BCUT2D eigenvalue weighted by atomic mass is 9.74. The summed E-state index contributed by atoms with van der Waals surface area (Å²) < 4.78 is 0. The highest BCUT2D eigenvalue weighted by molar-refractivity contribution is 7.08. The van der Waals surface area contributed by atoms with Crippen LogP contribution in [0.3, 0.4) is 0 Å². The smallest absolute Gasteiger partial charge is 0.228 e. The van der Waals surface area contributed by atoms with E-state index < -0.39 is 0 Å². The molecular weight excluding hydrogens is 170 g/mol. The van der Waals surface area contributed by atoms with Crippen molar-refractivity contribution in [1.29, 1.82) is 0 Å². The van der Waals surface area contributed by atoms with Gasteiger partial charge in [0, 0.05) is 0 Å². The van der Waals surface area contributed by atoms with Crippen LogP contribution in [0.25, 0.3) is 0 Å². The first-order valence-corrected chi connectivity index (χ1v) is 4.90. The molecule has 1 fully saturated rings. The van der Waals surface area contributed by atoms with Gasteiger partial charge in [-0.1, -0.05) is 0 Å². The van der Waals surface area contributed by atoms with E-state index in [0.717, 1.165) is 0 Å². The molecule has 0 bridgehead atoms. The van der Waals surface area contributed by atoms with Crippen molar-refractivity contribution in [2.75, 3.05) is 0 Å². The minimum atomic E-state index is -0.221. The maximum absolute atomic E-state index is 11.1. The van der Waals surface area contributed by atoms with Crippen LogP contribution >= 0.6 is 11.3 Å². The largest absolute Gasteiger partial charge is 0.348 e. The summed E-state index contributed by atoms with van der Waals surface area (Å²) in [4.78, 5) is 11.1. The van der Waals surface area contributed by atoms with E-state index >= 15 is 0 Å². The second-order valence-corrected chi connectivity index (χ2v) is 4.46. The summed E-state index contributed by atoms with van der Waals surface area (Å²) in [5.41, 5.74) is 1.01. The number of rotatable bonds is 1. The summed E-state index contributed by atoms with van der Waals surface area (Å²) in [6.45, 7) is 3.96. The Kier molecular flexibility index (Phi) is 1.51. The maximum atomic E-state index is 11.1. The fraction of sp³-hybridized carbons (Fsp3) is 0.444. The van der Waals surface area contributed by atoms with Gasteiger partial charge in [-0.2, -0.15) is 11.3 Å². The molecule has 2 heterocycles. The fourth-order valence-corrected chi connectivity index (χ4v) is 2.18. The average Bonchev–Trinajstić information content (AvgIpc) is 2.51. The topological polar surface area (TPSA) is 29.1 Å². The molecule has 1 aromatic rings. The van der Waals surface area contributed by atoms with Gasteiger partial charge in [-0.05, 0) is 36.2 Å². The third-order valence-electron chi connectivity index (χ3n) is 2.46. The Balaban J connectivity index is 2.25. The number of β-lactam (4-membered cyclic amide) rings is 1. The summed E-state index contributed by atoms with van der Waals surface area (Å²) in [7, 11) is 0. The number of hydrogen-bond acceptors (Lipinski definition) is 2. The lowest BCUT2D eigenvalue weighted by Crippen LogP contribution is -2.57. The Morgan fingerprint density at radius 3 is 2.75 bits per heavy atom. The Bertz CT molecular complexity index is 302. The third kappa shape index (κ3) is 0.894. The Morgan fingerprint density at radius 1 is 1.58 bits per heavy atom. The molecule has 1 aliphatic heterocycles. The highest BCUT2D eigenvalue weighted by atomic mass is 32.1. The van der Waals surface area contributed by atoms with Crippen molar-refractivity contribution in [3.05, 3.63) is 22.4 Å². The van der Waals surface area contributed by atoms with Crippen LogP contribution < -0.4 is 5.32 Å². The highest BCUT2D eigenvalue weighted by Gasteiger charge is 2.47. The standard InChI is InChI=1S/C9H11NOS/c1-9(2)7(10-8(9)11)6-3-4-12-5-6/h3-5,7H,1-2H3,(H,10,11). The van der Waals surface area contributed by atoms with Gasteiger partial charge in [-0.25, -0.2) is 0 Å². The molecule has 2 rings (SSSR count). The van der Waals surface area contributed by atoms with Crippen molar-refractivity contribution in [2.45, 2.75) is 19.9 Å². The van der Waals surface area contributed by atoms with Crippen LogP contribution in [0.2, 0.25) is 0 Å². The molecule has 3 heteroatoms. The van der Waals surface area contributed by atoms with Crippen molar-refractivity contribution in [2.24, 2.45) is 5.41 Å². The number of hydrogen-bond donors (Lipinski definition) is 1. The number of carbonyl (C=O) groups excluding carboxylic acids is 1. The third-order valence-corrected chi connectivity index (χ3v) is 3.16. The predicted octanol–water partition coefficient (Wildman–Crippen LogP) is 1.95. The highest BCUT2D eigenvalue weighted by Crippen LogP contribution is 2.41. The first-order chi connectivity index (χ1) is 5.62. The van der Waals surface area contributed by atoms with E-state index in [1.54, 1.807) is 11.3 Å². The second kappa shape index (κ2) is 2.33. The molecule has 12 heavy (non-hydrogen) atoms. The van der Waals surface area contributed by atoms with Gasteiger partial charge in [-0.3, -0.25) is 4.79 Å². The van der Waals surface area contributed by atoms with Gasteiger partial charge < -0.3 is 5.32 Å². The molecule has 64 valence electrons. The quantitative estimate of drug-likeness (QED) is 0.659. The van der Waals surface area contributed by atoms with Crippen molar-refractivity contribution in [3.8, 4) is 0 Å². The molecular formula is C9H11NOS. The van der Waals surface area contributed by atoms with Gasteiger partial charge in [0.15, 0.2) is 0 Å². The molecule has 0 aliphatic carbocycles. The van der Waals surface area contributed by atoms with Gasteiger partial charge in [0.2, 0.25) is 5.91 Å². The zero-order valence-corrected chi connectivity index (χ0v) is 7.94. The minimum Gasteiger partial charge on any atom is -0.348 e. The number of thiophene rings is 1. The fourth-order valence-electron chi connectivity index (χ4n) is 1.49. The van der Waals surface area contributed by atoms with E-state index in [-0.39, 0.29) is 17.4 Å². The molecule has 2 nitrogen and oxygen atoms in total. The molecule has 1 N–H and O–H groups in total. The van der Waals surface area contributed by atoms with E-state index in [9.17, 15) is 4.79 Å². The molecule has 1 aromatic heterocycles. The Labute approximate surface area is 75.6 Å². The number of amides is 1. The molecule has 0 spiro atoms. The Hall–Kier alpha value is -0.830. The predicted molar refractivity (Wildman–Crippen MR) is 49.0 cm³/mol. The summed E-state index contributed by atoms with van der Waals surface area (Å²) in [5, 5.41) is 7.03. The van der Waals surface area contributed by atoms with E-state index in [0.29, 0.717) is 0 Å². The summed E-state index contributed by atoms with van der Waals surface area (Å²) in [6.07, 6.45) is 0. The first kappa shape index (κ1) is 7.80. The average molecular weight is 181 g/mol. The maximum Gasteiger partial charge on any atom is 0.228 e. The molecule has 1 atom stereocenters. The van der Waals surface area contributed by atoms with E-state index in [2.05, 4.69) is 16.8 Å². The van der Waals surface area contributed by atoms with E-state index in [1.165, 1.54) is 5.56 Å². The summed E-state index contributed by atoms with van der Waals surface area (Å²) in [5.74, 6) is 0.152. The zero-order valence-electron chi connectivity index (χ0n) is 7.13. The monoisotopic (exact) mass is 181 g/mol. The Morgan fingerprint density at radius 2 is 2.33 bits per heavy atom. The van der Waals surface area contributed by atoms with Crippen LogP contribution in [0.5, 0.6) is 0 Å². The molecule has 0 radical (unpaired) electrons. The normalized spacial score (nSPS) is 26.2. The molecule has 1 amide bonds. The van der Waals surface area contributed by atoms with Crippen LogP contribution in [-0.2, 0) is 4.79 Å². The summed E-state index contributed by atoms with van der Waals surface area (Å²) >= 11 is 1.67. The van der Waals surface area contributed by atoms with Crippen molar-refractivity contribution in [3.63, 3.8) is 0 Å². The van der Waals surface area contributed by atoms with Crippen molar-refractivity contribution in [1.82, 2.24) is 5.32 Å². The molecule has 1 unspecified atom stereocenters. The zero-order chi connectivity index (χ0) is 8.77. The number of carbonyl (C=O) groups is 1.